The fraction of sp³-hybridized carbons (Fsp3) is 0.821. The maximum absolute atomic E-state index is 12.9. The van der Waals surface area contributed by atoms with Gasteiger partial charge in [-0.3, -0.25) is 18.6 Å². The second-order valence-electron chi connectivity index (χ2n) is 26.7. The van der Waals surface area contributed by atoms with Crippen molar-refractivity contribution in [1.82, 2.24) is 0 Å². The Bertz CT molecular complexity index is 1710. The van der Waals surface area contributed by atoms with Gasteiger partial charge in [0.15, 0.2) is 6.10 Å². The number of likely N-dealkylation sites (N-methyl/N-ethyl adjacent to an activating group) is 1. The first-order valence-corrected chi connectivity index (χ1v) is 39.2. The highest BCUT2D eigenvalue weighted by Gasteiger charge is 2.27. The zero-order valence-electron chi connectivity index (χ0n) is 58.7. The number of hydrogen-bond donors (Lipinski definition) is 1. The molecular weight excluding hydrogens is 1110 g/mol. The first-order valence-electron chi connectivity index (χ1n) is 37.7. The number of unbranched alkanes of at least 4 members (excludes halogenated alkanes) is 44. The van der Waals surface area contributed by atoms with Gasteiger partial charge in [-0.25, -0.2) is 4.57 Å². The first kappa shape index (κ1) is 85.5. The smallest absolute Gasteiger partial charge is 0.462 e. The number of rotatable bonds is 70. The Morgan fingerprint density at radius 1 is 0.364 bits per heavy atom. The molecule has 88 heavy (non-hydrogen) atoms. The highest BCUT2D eigenvalue weighted by atomic mass is 31.2. The van der Waals surface area contributed by atoms with Gasteiger partial charge in [0.1, 0.15) is 19.8 Å². The number of esters is 2. The Balaban J connectivity index is 3.97. The van der Waals surface area contributed by atoms with Crippen molar-refractivity contribution in [3.8, 4) is 0 Å². The molecule has 0 aromatic heterocycles. The molecule has 0 rings (SSSR count). The number of phosphoric ester groups is 1. The van der Waals surface area contributed by atoms with E-state index in [1.165, 1.54) is 263 Å². The van der Waals surface area contributed by atoms with Gasteiger partial charge in [0.05, 0.1) is 27.7 Å². The molecule has 0 aromatic rings. The van der Waals surface area contributed by atoms with Crippen molar-refractivity contribution in [1.29, 1.82) is 0 Å². The fourth-order valence-electron chi connectivity index (χ4n) is 11.0. The number of quaternary nitrogens is 1. The quantitative estimate of drug-likeness (QED) is 0.0211. The lowest BCUT2D eigenvalue weighted by molar-refractivity contribution is -0.870. The summed E-state index contributed by atoms with van der Waals surface area (Å²) < 4.78 is 34.8. The maximum atomic E-state index is 12.9. The first-order chi connectivity index (χ1) is 43.0. The average molecular weight is 1260 g/mol. The third-order valence-electron chi connectivity index (χ3n) is 16.7. The molecule has 2 unspecified atom stereocenters. The summed E-state index contributed by atoms with van der Waals surface area (Å²) in [6, 6.07) is 0. The molecule has 0 aliphatic carbocycles. The van der Waals surface area contributed by atoms with Gasteiger partial charge in [0, 0.05) is 12.8 Å². The summed E-state index contributed by atoms with van der Waals surface area (Å²) in [6.07, 6.45) is 93.1. The van der Waals surface area contributed by atoms with Gasteiger partial charge < -0.3 is 18.9 Å². The summed E-state index contributed by atoms with van der Waals surface area (Å²) >= 11 is 0. The number of allylic oxidation sites excluding steroid dienone is 12. The van der Waals surface area contributed by atoms with Gasteiger partial charge in [-0.2, -0.15) is 0 Å². The Kier molecular flexibility index (Phi) is 66.8. The van der Waals surface area contributed by atoms with Crippen LogP contribution in [-0.4, -0.2) is 74.9 Å². The minimum absolute atomic E-state index is 0.0324. The van der Waals surface area contributed by atoms with Gasteiger partial charge in [0.25, 0.3) is 0 Å². The molecule has 514 valence electrons. The van der Waals surface area contributed by atoms with E-state index in [1.807, 2.05) is 21.1 Å². The molecule has 0 fully saturated rings. The molecule has 0 saturated carbocycles. The van der Waals surface area contributed by atoms with Crippen molar-refractivity contribution in [2.45, 2.75) is 367 Å². The van der Waals surface area contributed by atoms with E-state index in [2.05, 4.69) is 86.8 Å². The van der Waals surface area contributed by atoms with Crippen LogP contribution in [0.25, 0.3) is 0 Å². The monoisotopic (exact) mass is 1260 g/mol. The van der Waals surface area contributed by atoms with Crippen LogP contribution in [-0.2, 0) is 32.7 Å². The molecule has 0 bridgehead atoms. The Labute approximate surface area is 546 Å². The van der Waals surface area contributed by atoms with E-state index in [4.69, 9.17) is 18.5 Å². The standard InChI is InChI=1S/C78H144NO8P/c1-6-8-10-12-14-16-18-20-22-24-26-28-30-32-34-36-38-39-41-43-45-47-49-51-53-55-57-59-61-63-65-67-69-71-78(81)87-76(75-86-88(82,83)85-73-72-79(3,4)5)74-84-77(80)70-68-66-64-62-60-58-56-54-52-50-48-46-44-42-40-37-35-33-31-29-27-25-23-21-19-17-15-13-11-9-7-2/h8,10,14,16,20,22,25-28,32,34,76H,6-7,9,11-13,15,17-19,21,23-24,29-31,33,35-75H2,1-5H3/p+1/b10-8-,16-14-,22-20-,27-25-,28-26-,34-32-. The van der Waals surface area contributed by atoms with E-state index in [-0.39, 0.29) is 25.6 Å². The zero-order chi connectivity index (χ0) is 64.1. The van der Waals surface area contributed by atoms with Crippen LogP contribution in [0.4, 0.5) is 0 Å². The molecule has 9 nitrogen and oxygen atoms in total. The predicted molar refractivity (Wildman–Crippen MR) is 381 cm³/mol. The average Bonchev–Trinajstić information content (AvgIpc) is 3.56. The second-order valence-corrected chi connectivity index (χ2v) is 28.1. The van der Waals surface area contributed by atoms with Crippen LogP contribution >= 0.6 is 7.82 Å². The van der Waals surface area contributed by atoms with Crippen molar-refractivity contribution in [3.05, 3.63) is 72.9 Å². The van der Waals surface area contributed by atoms with Crippen molar-refractivity contribution in [3.63, 3.8) is 0 Å². The predicted octanol–water partition coefficient (Wildman–Crippen LogP) is 24.7. The number of carbonyl (C=O) groups is 2. The van der Waals surface area contributed by atoms with Crippen LogP contribution in [0, 0.1) is 0 Å². The molecule has 0 aliphatic rings. The molecule has 10 heteroatoms. The van der Waals surface area contributed by atoms with Crippen LogP contribution in [0.2, 0.25) is 0 Å². The lowest BCUT2D eigenvalue weighted by Crippen LogP contribution is -2.37. The van der Waals surface area contributed by atoms with E-state index >= 15 is 0 Å². The van der Waals surface area contributed by atoms with Gasteiger partial charge >= 0.3 is 19.8 Å². The minimum atomic E-state index is -4.39. The summed E-state index contributed by atoms with van der Waals surface area (Å²) in [7, 11) is 1.49. The van der Waals surface area contributed by atoms with Crippen LogP contribution in [0.1, 0.15) is 361 Å². The molecule has 0 spiro atoms. The molecule has 0 saturated heterocycles. The Morgan fingerprint density at radius 3 is 0.977 bits per heavy atom. The van der Waals surface area contributed by atoms with Gasteiger partial charge in [-0.1, -0.05) is 337 Å². The van der Waals surface area contributed by atoms with Gasteiger partial charge in [-0.15, -0.1) is 0 Å². The summed E-state index contributed by atoms with van der Waals surface area (Å²) in [6.45, 7) is 4.38. The molecule has 0 radical (unpaired) electrons. The van der Waals surface area contributed by atoms with E-state index in [0.29, 0.717) is 23.9 Å². The second kappa shape index (κ2) is 68.8. The third kappa shape index (κ3) is 72.5. The molecule has 0 heterocycles. The van der Waals surface area contributed by atoms with Crippen LogP contribution in [0.3, 0.4) is 0 Å². The maximum Gasteiger partial charge on any atom is 0.472 e. The van der Waals surface area contributed by atoms with Crippen molar-refractivity contribution >= 4 is 19.8 Å². The number of carbonyl (C=O) groups excluding carboxylic acids is 2. The lowest BCUT2D eigenvalue weighted by atomic mass is 10.0. The number of nitrogens with zero attached hydrogens (tertiary/aromatic N) is 1. The van der Waals surface area contributed by atoms with Crippen molar-refractivity contribution < 1.29 is 42.1 Å². The third-order valence-corrected chi connectivity index (χ3v) is 17.7. The van der Waals surface area contributed by atoms with E-state index in [1.54, 1.807) is 0 Å². The van der Waals surface area contributed by atoms with Crippen molar-refractivity contribution in [2.75, 3.05) is 47.5 Å². The number of hydrogen-bond acceptors (Lipinski definition) is 7. The summed E-state index contributed by atoms with van der Waals surface area (Å²) in [5, 5.41) is 0. The van der Waals surface area contributed by atoms with E-state index in [0.717, 1.165) is 64.2 Å². The topological polar surface area (TPSA) is 108 Å². The molecular formula is C78H145NO8P+. The van der Waals surface area contributed by atoms with Crippen molar-refractivity contribution in [2.24, 2.45) is 0 Å². The summed E-state index contributed by atoms with van der Waals surface area (Å²) in [5.74, 6) is -0.779. The number of phosphoric acid groups is 1. The van der Waals surface area contributed by atoms with Crippen LogP contribution in [0.5, 0.6) is 0 Å². The molecule has 0 amide bonds. The number of ether oxygens (including phenoxy) is 2. The van der Waals surface area contributed by atoms with Crippen LogP contribution in [0.15, 0.2) is 72.9 Å². The Morgan fingerprint density at radius 2 is 0.648 bits per heavy atom. The molecule has 2 atom stereocenters. The zero-order valence-corrected chi connectivity index (χ0v) is 59.6. The summed E-state index contributed by atoms with van der Waals surface area (Å²) in [4.78, 5) is 35.9. The lowest BCUT2D eigenvalue weighted by Gasteiger charge is -2.24. The van der Waals surface area contributed by atoms with Gasteiger partial charge in [-0.05, 0) is 83.5 Å². The van der Waals surface area contributed by atoms with Crippen LogP contribution < -0.4 is 0 Å². The Hall–Kier alpha value is -2.55. The van der Waals surface area contributed by atoms with Gasteiger partial charge in [0.2, 0.25) is 0 Å². The minimum Gasteiger partial charge on any atom is -0.462 e. The largest absolute Gasteiger partial charge is 0.472 e. The highest BCUT2D eigenvalue weighted by Crippen LogP contribution is 2.43. The normalized spacial score (nSPS) is 13.5. The van der Waals surface area contributed by atoms with E-state index in [9.17, 15) is 19.0 Å². The highest BCUT2D eigenvalue weighted by molar-refractivity contribution is 7.47. The fourth-order valence-corrected chi connectivity index (χ4v) is 11.7. The SMILES string of the molecule is CC/C=C\C/C=C\C/C=C\C/C=C\C/C=C\CCCCCCCCCCCCCCCCCCCC(=O)OC(COC(=O)CCCCCCCCCCCCCCCCCCCCC/C=C\CCCCCCCCCC)COP(=O)(O)OCC[N+](C)(C)C. The van der Waals surface area contributed by atoms with E-state index < -0.39 is 26.5 Å². The molecule has 1 N–H and O–H groups in total. The summed E-state index contributed by atoms with van der Waals surface area (Å²) in [5.41, 5.74) is 0. The molecule has 0 aromatic carbocycles. The molecule has 0 aliphatic heterocycles.